The number of hydrogen-bond acceptors (Lipinski definition) is 3. The average molecular weight is 208 g/mol. The number of hydrogen-bond donors (Lipinski definition) is 0. The topological polar surface area (TPSA) is 44.1 Å². The summed E-state index contributed by atoms with van der Waals surface area (Å²) in [6.07, 6.45) is 3.46. The van der Waals surface area contributed by atoms with Crippen molar-refractivity contribution in [2.75, 3.05) is 6.61 Å². The van der Waals surface area contributed by atoms with Crippen molar-refractivity contribution >= 4 is 5.78 Å². The summed E-state index contributed by atoms with van der Waals surface area (Å²) in [5.41, 5.74) is 1.54. The molecule has 1 aliphatic heterocycles. The molecule has 2 heterocycles. The van der Waals surface area contributed by atoms with Gasteiger partial charge in [0.2, 0.25) is 0 Å². The molecule has 0 N–H and O–H groups in total. The summed E-state index contributed by atoms with van der Waals surface area (Å²) in [6, 6.07) is 1.85. The smallest absolute Gasteiger partial charge is 0.179 e. The third-order valence-electron chi connectivity index (χ3n) is 2.79. The van der Waals surface area contributed by atoms with Crippen LogP contribution in [0.4, 0.5) is 0 Å². The molecule has 0 amide bonds. The van der Waals surface area contributed by atoms with Gasteiger partial charge in [0.25, 0.3) is 0 Å². The van der Waals surface area contributed by atoms with Crippen LogP contribution in [0.1, 0.15) is 48.5 Å². The third kappa shape index (κ3) is 2.09. The monoisotopic (exact) mass is 208 g/mol. The Balaban J connectivity index is 2.22. The Morgan fingerprint density at radius 2 is 2.40 bits per heavy atom. The number of ether oxygens (including phenoxy) is 1. The zero-order valence-electron chi connectivity index (χ0n) is 9.19. The summed E-state index contributed by atoms with van der Waals surface area (Å²) in [5, 5.41) is 4.17. The van der Waals surface area contributed by atoms with Gasteiger partial charge in [-0.1, -0.05) is 0 Å². The van der Waals surface area contributed by atoms with E-state index in [1.54, 1.807) is 4.68 Å². The molecule has 1 unspecified atom stereocenters. The maximum Gasteiger partial charge on any atom is 0.179 e. The van der Waals surface area contributed by atoms with Crippen LogP contribution in [0.25, 0.3) is 0 Å². The van der Waals surface area contributed by atoms with E-state index in [0.717, 1.165) is 25.1 Å². The average Bonchev–Trinajstić information content (AvgIpc) is 2.62. The highest BCUT2D eigenvalue weighted by Gasteiger charge is 2.21. The van der Waals surface area contributed by atoms with Gasteiger partial charge in [-0.2, -0.15) is 5.10 Å². The highest BCUT2D eigenvalue weighted by Crippen LogP contribution is 2.27. The summed E-state index contributed by atoms with van der Waals surface area (Å²) >= 11 is 0. The van der Waals surface area contributed by atoms with Gasteiger partial charge in [-0.25, -0.2) is 0 Å². The van der Waals surface area contributed by atoms with Gasteiger partial charge in [0, 0.05) is 20.6 Å². The fourth-order valence-electron chi connectivity index (χ4n) is 1.93. The molecule has 15 heavy (non-hydrogen) atoms. The van der Waals surface area contributed by atoms with E-state index in [0.29, 0.717) is 5.69 Å². The predicted molar refractivity (Wildman–Crippen MR) is 55.8 cm³/mol. The molecule has 2 rings (SSSR count). The molecular formula is C11H16N2O2. The van der Waals surface area contributed by atoms with Crippen LogP contribution in [0.3, 0.4) is 0 Å². The number of aryl methyl sites for hydroxylation is 1. The second kappa shape index (κ2) is 4.14. The van der Waals surface area contributed by atoms with Crippen molar-refractivity contribution in [2.24, 2.45) is 7.05 Å². The molecule has 1 aliphatic rings. The summed E-state index contributed by atoms with van der Waals surface area (Å²) < 4.78 is 7.42. The first kappa shape index (κ1) is 10.4. The van der Waals surface area contributed by atoms with Crippen LogP contribution in [0.15, 0.2) is 6.07 Å². The van der Waals surface area contributed by atoms with Crippen molar-refractivity contribution in [1.82, 2.24) is 9.78 Å². The molecule has 0 saturated carbocycles. The Kier molecular flexibility index (Phi) is 2.86. The normalized spacial score (nSPS) is 21.6. The van der Waals surface area contributed by atoms with E-state index in [-0.39, 0.29) is 11.9 Å². The molecule has 1 fully saturated rings. The molecule has 0 aliphatic carbocycles. The second-order valence-electron chi connectivity index (χ2n) is 3.99. The minimum atomic E-state index is 0.00709. The van der Waals surface area contributed by atoms with E-state index in [1.165, 1.54) is 13.3 Å². The van der Waals surface area contributed by atoms with Gasteiger partial charge < -0.3 is 4.74 Å². The fourth-order valence-corrected chi connectivity index (χ4v) is 1.93. The SMILES string of the molecule is CC(=O)c1cc(C2CCCCO2)n(C)n1. The van der Waals surface area contributed by atoms with Gasteiger partial charge in [0.05, 0.1) is 11.8 Å². The van der Waals surface area contributed by atoms with E-state index < -0.39 is 0 Å². The lowest BCUT2D eigenvalue weighted by Crippen LogP contribution is -2.14. The van der Waals surface area contributed by atoms with Gasteiger partial charge in [-0.3, -0.25) is 9.48 Å². The van der Waals surface area contributed by atoms with Crippen LogP contribution in [-0.2, 0) is 11.8 Å². The van der Waals surface area contributed by atoms with Crippen LogP contribution in [0.2, 0.25) is 0 Å². The molecule has 1 aromatic heterocycles. The highest BCUT2D eigenvalue weighted by atomic mass is 16.5. The lowest BCUT2D eigenvalue weighted by atomic mass is 10.1. The van der Waals surface area contributed by atoms with Crippen LogP contribution >= 0.6 is 0 Å². The third-order valence-corrected chi connectivity index (χ3v) is 2.79. The molecule has 0 bridgehead atoms. The number of carbonyl (C=O) groups is 1. The van der Waals surface area contributed by atoms with Gasteiger partial charge in [0.1, 0.15) is 5.69 Å². The number of Topliss-reactive ketones (excluding diaryl/α,β-unsaturated/α-hetero) is 1. The van der Waals surface area contributed by atoms with Crippen molar-refractivity contribution in [3.8, 4) is 0 Å². The van der Waals surface area contributed by atoms with Crippen molar-refractivity contribution in [3.63, 3.8) is 0 Å². The summed E-state index contributed by atoms with van der Waals surface area (Å²) in [6.45, 7) is 2.35. The highest BCUT2D eigenvalue weighted by molar-refractivity contribution is 5.92. The first-order valence-corrected chi connectivity index (χ1v) is 5.35. The van der Waals surface area contributed by atoms with E-state index in [4.69, 9.17) is 4.74 Å². The minimum Gasteiger partial charge on any atom is -0.372 e. The predicted octanol–water partition coefficient (Wildman–Crippen LogP) is 1.86. The van der Waals surface area contributed by atoms with E-state index in [2.05, 4.69) is 5.10 Å². The Bertz CT molecular complexity index is 365. The van der Waals surface area contributed by atoms with Crippen molar-refractivity contribution in [1.29, 1.82) is 0 Å². The number of ketones is 1. The number of aromatic nitrogens is 2. The molecule has 82 valence electrons. The van der Waals surface area contributed by atoms with E-state index in [1.807, 2.05) is 13.1 Å². The first-order chi connectivity index (χ1) is 7.18. The van der Waals surface area contributed by atoms with Gasteiger partial charge in [0.15, 0.2) is 5.78 Å². The Morgan fingerprint density at radius 3 is 2.93 bits per heavy atom. The van der Waals surface area contributed by atoms with Crippen molar-refractivity contribution in [3.05, 3.63) is 17.5 Å². The van der Waals surface area contributed by atoms with Crippen LogP contribution in [0, 0.1) is 0 Å². The maximum absolute atomic E-state index is 11.2. The molecule has 1 saturated heterocycles. The molecule has 1 atom stereocenters. The first-order valence-electron chi connectivity index (χ1n) is 5.35. The lowest BCUT2D eigenvalue weighted by Gasteiger charge is -2.22. The number of carbonyl (C=O) groups excluding carboxylic acids is 1. The quantitative estimate of drug-likeness (QED) is 0.697. The summed E-state index contributed by atoms with van der Waals surface area (Å²) in [4.78, 5) is 11.2. The van der Waals surface area contributed by atoms with Crippen molar-refractivity contribution in [2.45, 2.75) is 32.3 Å². The van der Waals surface area contributed by atoms with Gasteiger partial charge in [-0.05, 0) is 25.3 Å². The zero-order valence-corrected chi connectivity index (χ0v) is 9.19. The standard InChI is InChI=1S/C11H16N2O2/c1-8(14)9-7-10(13(2)12-9)11-5-3-4-6-15-11/h7,11H,3-6H2,1-2H3. The largest absolute Gasteiger partial charge is 0.372 e. The minimum absolute atomic E-state index is 0.00709. The number of rotatable bonds is 2. The fraction of sp³-hybridized carbons (Fsp3) is 0.636. The lowest BCUT2D eigenvalue weighted by molar-refractivity contribution is 0.0101. The summed E-state index contributed by atoms with van der Waals surface area (Å²) in [7, 11) is 1.86. The van der Waals surface area contributed by atoms with Crippen LogP contribution < -0.4 is 0 Å². The molecule has 0 spiro atoms. The van der Waals surface area contributed by atoms with Crippen LogP contribution in [0.5, 0.6) is 0 Å². The van der Waals surface area contributed by atoms with E-state index >= 15 is 0 Å². The summed E-state index contributed by atoms with van der Waals surface area (Å²) in [5.74, 6) is 0.00709. The Morgan fingerprint density at radius 1 is 1.60 bits per heavy atom. The Labute approximate surface area is 89.2 Å². The molecular weight excluding hydrogens is 192 g/mol. The molecule has 0 radical (unpaired) electrons. The van der Waals surface area contributed by atoms with E-state index in [9.17, 15) is 4.79 Å². The zero-order chi connectivity index (χ0) is 10.8. The Hall–Kier alpha value is -1.16. The maximum atomic E-state index is 11.2. The molecule has 0 aromatic carbocycles. The molecule has 4 heteroatoms. The second-order valence-corrected chi connectivity index (χ2v) is 3.99. The van der Waals surface area contributed by atoms with Gasteiger partial charge >= 0.3 is 0 Å². The molecule has 1 aromatic rings. The van der Waals surface area contributed by atoms with Crippen LogP contribution in [-0.4, -0.2) is 22.2 Å². The molecule has 4 nitrogen and oxygen atoms in total. The van der Waals surface area contributed by atoms with Crippen molar-refractivity contribution < 1.29 is 9.53 Å². The van der Waals surface area contributed by atoms with Gasteiger partial charge in [-0.15, -0.1) is 0 Å². The number of nitrogens with zero attached hydrogens (tertiary/aromatic N) is 2.